The molecule has 0 aliphatic rings. The molecule has 0 aromatic heterocycles. The Bertz CT molecular complexity index is 813. The van der Waals surface area contributed by atoms with Crippen molar-refractivity contribution in [3.63, 3.8) is 0 Å². The van der Waals surface area contributed by atoms with Crippen LogP contribution in [0.5, 0.6) is 11.5 Å². The maximum Gasteiger partial charge on any atom is 0.341 e. The van der Waals surface area contributed by atoms with E-state index >= 15 is 0 Å². The summed E-state index contributed by atoms with van der Waals surface area (Å²) >= 11 is 6.72. The topological polar surface area (TPSA) is 71.1 Å². The van der Waals surface area contributed by atoms with E-state index in [-0.39, 0.29) is 0 Å². The molecule has 0 aliphatic heterocycles. The summed E-state index contributed by atoms with van der Waals surface area (Å²) in [6.07, 6.45) is 2.16. The van der Waals surface area contributed by atoms with Gasteiger partial charge >= 0.3 is 11.9 Å². The maximum atomic E-state index is 12.2. The largest absolute Gasteiger partial charge is 0.493 e. The van der Waals surface area contributed by atoms with E-state index in [0.29, 0.717) is 42.3 Å². The Morgan fingerprint density at radius 1 is 0.742 bits per heavy atom. The summed E-state index contributed by atoms with van der Waals surface area (Å²) < 4.78 is 21.3. The summed E-state index contributed by atoms with van der Waals surface area (Å²) in [6, 6.07) is 10.9. The number of halogens is 2. The summed E-state index contributed by atoms with van der Waals surface area (Å²) in [4.78, 5) is 24.5. The molecule has 6 nitrogen and oxygen atoms in total. The van der Waals surface area contributed by atoms with Gasteiger partial charge in [0, 0.05) is 10.7 Å². The van der Waals surface area contributed by atoms with Crippen molar-refractivity contribution in [3.8, 4) is 11.5 Å². The van der Waals surface area contributed by atoms with Crippen LogP contribution in [0, 0.1) is 0 Å². The van der Waals surface area contributed by atoms with Gasteiger partial charge in [0.25, 0.3) is 0 Å². The first-order chi connectivity index (χ1) is 15.0. The number of hydrogen-bond donors (Lipinski definition) is 0. The van der Waals surface area contributed by atoms with Crippen LogP contribution in [0.15, 0.2) is 36.4 Å². The molecule has 0 spiro atoms. The second kappa shape index (κ2) is 13.4. The van der Waals surface area contributed by atoms with Crippen molar-refractivity contribution in [1.82, 2.24) is 0 Å². The fourth-order valence-corrected chi connectivity index (χ4v) is 3.33. The third kappa shape index (κ3) is 7.54. The molecule has 0 fully saturated rings. The molecule has 168 valence electrons. The van der Waals surface area contributed by atoms with Crippen LogP contribution in [0.4, 0.5) is 0 Å². The normalized spacial score (nSPS) is 10.5. The Balaban J connectivity index is 2.27. The van der Waals surface area contributed by atoms with Crippen LogP contribution in [0.1, 0.15) is 44.7 Å². The molecule has 0 N–H and O–H groups in total. The van der Waals surface area contributed by atoms with Crippen LogP contribution < -0.4 is 9.47 Å². The molecule has 0 radical (unpaired) electrons. The number of methoxy groups -OCH3 is 2. The van der Waals surface area contributed by atoms with Gasteiger partial charge in [-0.05, 0) is 54.7 Å². The van der Waals surface area contributed by atoms with Crippen LogP contribution in [0.3, 0.4) is 0 Å². The van der Waals surface area contributed by atoms with Crippen LogP contribution in [-0.4, -0.2) is 50.0 Å². The average molecular weight is 558 g/mol. The molecule has 8 heteroatoms. The highest BCUT2D eigenvalue weighted by atomic mass is 79.9. The lowest BCUT2D eigenvalue weighted by molar-refractivity contribution is 0.0587. The van der Waals surface area contributed by atoms with Crippen molar-refractivity contribution >= 4 is 43.8 Å². The van der Waals surface area contributed by atoms with Crippen molar-refractivity contribution in [1.29, 1.82) is 0 Å². The van der Waals surface area contributed by atoms with Crippen LogP contribution in [0.25, 0.3) is 0 Å². The highest BCUT2D eigenvalue weighted by Crippen LogP contribution is 2.26. The lowest BCUT2D eigenvalue weighted by Crippen LogP contribution is -2.09. The van der Waals surface area contributed by atoms with Crippen molar-refractivity contribution in [3.05, 3.63) is 58.7 Å². The predicted molar refractivity (Wildman–Crippen MR) is 126 cm³/mol. The molecule has 0 heterocycles. The maximum absolute atomic E-state index is 12.2. The van der Waals surface area contributed by atoms with Gasteiger partial charge in [-0.3, -0.25) is 0 Å². The summed E-state index contributed by atoms with van der Waals surface area (Å²) in [5, 5.41) is 1.63. The van der Waals surface area contributed by atoms with Gasteiger partial charge in [0.05, 0.1) is 27.4 Å². The minimum absolute atomic E-state index is 0.373. The Labute approximate surface area is 199 Å². The van der Waals surface area contributed by atoms with Gasteiger partial charge in [0.15, 0.2) is 0 Å². The standard InChI is InChI=1S/C23H26Br2O6/c1-28-22(26)18-14-16(5-7-20(18)30-11-3-9-24)13-17-6-8-21(31-12-4-10-25)19(15-17)23(27)29-2/h5-8,14-15H,3-4,9-13H2,1-2H3. The Kier molecular flexibility index (Phi) is 10.9. The summed E-state index contributed by atoms with van der Waals surface area (Å²) in [5.41, 5.74) is 2.52. The molecule has 0 amide bonds. The molecule has 0 saturated heterocycles. The second-order valence-electron chi connectivity index (χ2n) is 6.60. The van der Waals surface area contributed by atoms with Gasteiger partial charge in [0.2, 0.25) is 0 Å². The molecule has 0 aliphatic carbocycles. The zero-order chi connectivity index (χ0) is 22.6. The number of alkyl halides is 2. The Hall–Kier alpha value is -2.06. The molecule has 0 unspecified atom stereocenters. The van der Waals surface area contributed by atoms with E-state index in [0.717, 1.165) is 34.6 Å². The highest BCUT2D eigenvalue weighted by molar-refractivity contribution is 9.09. The average Bonchev–Trinajstić information content (AvgIpc) is 2.79. The molecular formula is C23H26Br2O6. The fraction of sp³-hybridized carbons (Fsp3) is 0.391. The molecule has 31 heavy (non-hydrogen) atoms. The first-order valence-electron chi connectivity index (χ1n) is 9.84. The van der Waals surface area contributed by atoms with Crippen molar-refractivity contribution in [2.75, 3.05) is 38.1 Å². The summed E-state index contributed by atoms with van der Waals surface area (Å²) in [6.45, 7) is 0.987. The third-order valence-corrected chi connectivity index (χ3v) is 5.50. The molecule has 2 rings (SSSR count). The lowest BCUT2D eigenvalue weighted by Gasteiger charge is -2.13. The molecule has 0 bridgehead atoms. The number of carbonyl (C=O) groups excluding carboxylic acids is 2. The predicted octanol–water partition coefficient (Wildman–Crippen LogP) is 5.18. The lowest BCUT2D eigenvalue weighted by atomic mass is 10.00. The van der Waals surface area contributed by atoms with Crippen LogP contribution in [0.2, 0.25) is 0 Å². The van der Waals surface area contributed by atoms with E-state index in [1.54, 1.807) is 24.3 Å². The van der Waals surface area contributed by atoms with Gasteiger partial charge < -0.3 is 18.9 Å². The van der Waals surface area contributed by atoms with Gasteiger partial charge in [0.1, 0.15) is 22.6 Å². The van der Waals surface area contributed by atoms with Crippen molar-refractivity contribution < 1.29 is 28.5 Å². The molecular weight excluding hydrogens is 532 g/mol. The number of carbonyl (C=O) groups is 2. The van der Waals surface area contributed by atoms with Gasteiger partial charge in [-0.25, -0.2) is 9.59 Å². The first-order valence-corrected chi connectivity index (χ1v) is 12.1. The van der Waals surface area contributed by atoms with Crippen molar-refractivity contribution in [2.45, 2.75) is 19.3 Å². The molecule has 0 atom stereocenters. The molecule has 0 saturated carbocycles. The van der Waals surface area contributed by atoms with Gasteiger partial charge in [-0.2, -0.15) is 0 Å². The summed E-state index contributed by atoms with van der Waals surface area (Å²) in [5.74, 6) is 0.0626. The minimum Gasteiger partial charge on any atom is -0.493 e. The molecule has 2 aromatic rings. The minimum atomic E-state index is -0.457. The molecule has 2 aromatic carbocycles. The smallest absolute Gasteiger partial charge is 0.341 e. The van der Waals surface area contributed by atoms with Gasteiger partial charge in [-0.15, -0.1) is 0 Å². The zero-order valence-electron chi connectivity index (χ0n) is 17.6. The van der Waals surface area contributed by atoms with E-state index in [1.165, 1.54) is 14.2 Å². The van der Waals surface area contributed by atoms with Crippen LogP contribution in [-0.2, 0) is 15.9 Å². The van der Waals surface area contributed by atoms with E-state index in [1.807, 2.05) is 12.1 Å². The van der Waals surface area contributed by atoms with Gasteiger partial charge in [-0.1, -0.05) is 44.0 Å². The summed E-state index contributed by atoms with van der Waals surface area (Å²) in [7, 11) is 2.68. The zero-order valence-corrected chi connectivity index (χ0v) is 20.8. The monoisotopic (exact) mass is 556 g/mol. The van der Waals surface area contributed by atoms with E-state index in [9.17, 15) is 9.59 Å². The van der Waals surface area contributed by atoms with E-state index < -0.39 is 11.9 Å². The van der Waals surface area contributed by atoms with E-state index in [2.05, 4.69) is 31.9 Å². The quantitative estimate of drug-likeness (QED) is 0.203. The van der Waals surface area contributed by atoms with Crippen molar-refractivity contribution in [2.24, 2.45) is 0 Å². The SMILES string of the molecule is COC(=O)c1cc(Cc2ccc(OCCCBr)c(C(=O)OC)c2)ccc1OCCCBr. The number of rotatable bonds is 12. The first kappa shape index (κ1) is 25.2. The second-order valence-corrected chi connectivity index (χ2v) is 8.19. The number of esters is 2. The number of hydrogen-bond acceptors (Lipinski definition) is 6. The highest BCUT2D eigenvalue weighted by Gasteiger charge is 2.17. The van der Waals surface area contributed by atoms with Crippen LogP contribution >= 0.6 is 31.9 Å². The Morgan fingerprint density at radius 2 is 1.16 bits per heavy atom. The Morgan fingerprint density at radius 3 is 1.52 bits per heavy atom. The third-order valence-electron chi connectivity index (χ3n) is 4.38. The number of ether oxygens (including phenoxy) is 4. The van der Waals surface area contributed by atoms with E-state index in [4.69, 9.17) is 18.9 Å². The number of benzene rings is 2. The fourth-order valence-electron chi connectivity index (χ4n) is 2.87.